The molecule has 0 aliphatic carbocycles. The molecule has 16 heavy (non-hydrogen) atoms. The largest absolute Gasteiger partial charge is 0.346 e. The molecule has 0 spiro atoms. The van der Waals surface area contributed by atoms with Crippen LogP contribution >= 0.6 is 0 Å². The fraction of sp³-hybridized carbons (Fsp3) is 0.786. The number of hydrogen-bond donors (Lipinski definition) is 1. The molecule has 2 nitrogen and oxygen atoms in total. The second-order valence-electron chi connectivity index (χ2n) is 4.85. The van der Waals surface area contributed by atoms with Crippen LogP contribution in [-0.2, 0) is 6.42 Å². The summed E-state index contributed by atoms with van der Waals surface area (Å²) >= 11 is 0. The minimum atomic E-state index is 0.847. The number of rotatable bonds is 8. The molecule has 0 aliphatic heterocycles. The lowest BCUT2D eigenvalue weighted by Crippen LogP contribution is -2.05. The Morgan fingerprint density at radius 1 is 1.19 bits per heavy atom. The number of aromatic nitrogens is 2. The van der Waals surface area contributed by atoms with E-state index in [2.05, 4.69) is 23.8 Å². The SMILES string of the molecule is CCCCC(CCCC)Cc1cnc(C)[nH]1. The minimum absolute atomic E-state index is 0.847. The fourth-order valence-electron chi connectivity index (χ4n) is 2.22. The summed E-state index contributed by atoms with van der Waals surface area (Å²) in [5.74, 6) is 1.89. The number of unbranched alkanes of at least 4 members (excludes halogenated alkanes) is 2. The van der Waals surface area contributed by atoms with Crippen LogP contribution in [0.25, 0.3) is 0 Å². The van der Waals surface area contributed by atoms with E-state index in [1.54, 1.807) is 0 Å². The Bertz CT molecular complexity index is 270. The summed E-state index contributed by atoms with van der Waals surface area (Å²) in [7, 11) is 0. The molecule has 1 aromatic rings. The predicted molar refractivity (Wildman–Crippen MR) is 69.6 cm³/mol. The molecule has 92 valence electrons. The van der Waals surface area contributed by atoms with E-state index in [-0.39, 0.29) is 0 Å². The van der Waals surface area contributed by atoms with Gasteiger partial charge in [0.2, 0.25) is 0 Å². The van der Waals surface area contributed by atoms with Gasteiger partial charge >= 0.3 is 0 Å². The topological polar surface area (TPSA) is 28.7 Å². The van der Waals surface area contributed by atoms with Gasteiger partial charge in [0.15, 0.2) is 0 Å². The second-order valence-corrected chi connectivity index (χ2v) is 4.85. The molecule has 1 aromatic heterocycles. The van der Waals surface area contributed by atoms with Gasteiger partial charge in [-0.25, -0.2) is 4.98 Å². The van der Waals surface area contributed by atoms with Crippen LogP contribution < -0.4 is 0 Å². The second kappa shape index (κ2) is 7.48. The van der Waals surface area contributed by atoms with Crippen molar-refractivity contribution in [3.05, 3.63) is 17.7 Å². The van der Waals surface area contributed by atoms with E-state index < -0.39 is 0 Å². The number of aryl methyl sites for hydroxylation is 1. The van der Waals surface area contributed by atoms with E-state index in [1.807, 2.05) is 13.1 Å². The predicted octanol–water partition coefficient (Wildman–Crippen LogP) is 4.26. The first kappa shape index (κ1) is 13.3. The maximum Gasteiger partial charge on any atom is 0.103 e. The quantitative estimate of drug-likeness (QED) is 0.699. The monoisotopic (exact) mass is 222 g/mol. The van der Waals surface area contributed by atoms with Crippen molar-refractivity contribution in [1.82, 2.24) is 9.97 Å². The summed E-state index contributed by atoms with van der Waals surface area (Å²) in [5.41, 5.74) is 1.31. The van der Waals surface area contributed by atoms with Crippen molar-refractivity contribution in [2.75, 3.05) is 0 Å². The molecule has 0 atom stereocenters. The molecule has 0 bridgehead atoms. The maximum absolute atomic E-state index is 4.27. The molecule has 0 aromatic carbocycles. The van der Waals surface area contributed by atoms with Crippen LogP contribution in [0, 0.1) is 12.8 Å². The molecular weight excluding hydrogens is 196 g/mol. The highest BCUT2D eigenvalue weighted by Gasteiger charge is 2.10. The van der Waals surface area contributed by atoms with Gasteiger partial charge in [-0.15, -0.1) is 0 Å². The van der Waals surface area contributed by atoms with Crippen molar-refractivity contribution in [2.24, 2.45) is 5.92 Å². The smallest absolute Gasteiger partial charge is 0.103 e. The first-order valence-electron chi connectivity index (χ1n) is 6.76. The highest BCUT2D eigenvalue weighted by Crippen LogP contribution is 2.20. The molecule has 0 saturated heterocycles. The summed E-state index contributed by atoms with van der Waals surface area (Å²) in [6.07, 6.45) is 11.3. The van der Waals surface area contributed by atoms with E-state index in [0.717, 1.165) is 11.7 Å². The van der Waals surface area contributed by atoms with Crippen molar-refractivity contribution in [3.8, 4) is 0 Å². The fourth-order valence-corrected chi connectivity index (χ4v) is 2.22. The third-order valence-corrected chi connectivity index (χ3v) is 3.20. The lowest BCUT2D eigenvalue weighted by Gasteiger charge is -2.15. The highest BCUT2D eigenvalue weighted by molar-refractivity contribution is 5.00. The van der Waals surface area contributed by atoms with Crippen LogP contribution in [0.5, 0.6) is 0 Å². The number of hydrogen-bond acceptors (Lipinski definition) is 1. The number of nitrogens with one attached hydrogen (secondary N) is 1. The van der Waals surface area contributed by atoms with Crippen molar-refractivity contribution in [1.29, 1.82) is 0 Å². The van der Waals surface area contributed by atoms with Crippen molar-refractivity contribution < 1.29 is 0 Å². The van der Waals surface area contributed by atoms with Crippen LogP contribution in [0.2, 0.25) is 0 Å². The third-order valence-electron chi connectivity index (χ3n) is 3.20. The van der Waals surface area contributed by atoms with E-state index in [9.17, 15) is 0 Å². The van der Waals surface area contributed by atoms with Gasteiger partial charge < -0.3 is 4.98 Å². The molecule has 1 heterocycles. The van der Waals surface area contributed by atoms with Crippen LogP contribution in [0.3, 0.4) is 0 Å². The Morgan fingerprint density at radius 2 is 1.81 bits per heavy atom. The molecule has 0 aliphatic rings. The standard InChI is InChI=1S/C14H26N2/c1-4-6-8-13(9-7-5-2)10-14-11-15-12(3)16-14/h11,13H,4-10H2,1-3H3,(H,15,16). The molecule has 0 amide bonds. The summed E-state index contributed by atoms with van der Waals surface area (Å²) in [6, 6.07) is 0. The van der Waals surface area contributed by atoms with Gasteiger partial charge in [-0.2, -0.15) is 0 Å². The summed E-state index contributed by atoms with van der Waals surface area (Å²) < 4.78 is 0. The summed E-state index contributed by atoms with van der Waals surface area (Å²) in [4.78, 5) is 7.62. The molecule has 1 rings (SSSR count). The lowest BCUT2D eigenvalue weighted by atomic mass is 9.92. The molecule has 0 radical (unpaired) electrons. The van der Waals surface area contributed by atoms with E-state index in [0.29, 0.717) is 0 Å². The normalized spacial score (nSPS) is 11.2. The van der Waals surface area contributed by atoms with E-state index >= 15 is 0 Å². The summed E-state index contributed by atoms with van der Waals surface area (Å²) in [5, 5.41) is 0. The molecule has 1 N–H and O–H groups in total. The van der Waals surface area contributed by atoms with Gasteiger partial charge in [0, 0.05) is 11.9 Å². The summed E-state index contributed by atoms with van der Waals surface area (Å²) in [6.45, 7) is 6.57. The molecule has 2 heteroatoms. The van der Waals surface area contributed by atoms with Crippen molar-refractivity contribution in [3.63, 3.8) is 0 Å². The van der Waals surface area contributed by atoms with Gasteiger partial charge in [0.25, 0.3) is 0 Å². The van der Waals surface area contributed by atoms with Crippen LogP contribution in [-0.4, -0.2) is 9.97 Å². The average molecular weight is 222 g/mol. The van der Waals surface area contributed by atoms with Crippen LogP contribution in [0.15, 0.2) is 6.20 Å². The third kappa shape index (κ3) is 4.82. The van der Waals surface area contributed by atoms with Gasteiger partial charge in [-0.3, -0.25) is 0 Å². The molecule has 0 fully saturated rings. The lowest BCUT2D eigenvalue weighted by molar-refractivity contribution is 0.414. The average Bonchev–Trinajstić information content (AvgIpc) is 2.68. The zero-order valence-corrected chi connectivity index (χ0v) is 11.1. The highest BCUT2D eigenvalue weighted by atomic mass is 14.9. The number of H-pyrrole nitrogens is 1. The van der Waals surface area contributed by atoms with Crippen LogP contribution in [0.4, 0.5) is 0 Å². The van der Waals surface area contributed by atoms with Crippen LogP contribution in [0.1, 0.15) is 63.9 Å². The Morgan fingerprint density at radius 3 is 2.25 bits per heavy atom. The molecular formula is C14H26N2. The minimum Gasteiger partial charge on any atom is -0.346 e. The Labute approximate surface area is 99.9 Å². The van der Waals surface area contributed by atoms with Gasteiger partial charge in [-0.05, 0) is 19.3 Å². The first-order chi connectivity index (χ1) is 7.76. The Balaban J connectivity index is 2.41. The Kier molecular flexibility index (Phi) is 6.20. The number of nitrogens with zero attached hydrogens (tertiary/aromatic N) is 1. The van der Waals surface area contributed by atoms with Gasteiger partial charge in [0.05, 0.1) is 0 Å². The molecule has 0 unspecified atom stereocenters. The number of aromatic amines is 1. The van der Waals surface area contributed by atoms with Gasteiger partial charge in [-0.1, -0.05) is 52.4 Å². The van der Waals surface area contributed by atoms with E-state index in [4.69, 9.17) is 0 Å². The zero-order valence-electron chi connectivity index (χ0n) is 11.1. The van der Waals surface area contributed by atoms with Crippen molar-refractivity contribution in [2.45, 2.75) is 65.7 Å². The van der Waals surface area contributed by atoms with Gasteiger partial charge in [0.1, 0.15) is 5.82 Å². The Hall–Kier alpha value is -0.790. The first-order valence-corrected chi connectivity index (χ1v) is 6.76. The zero-order chi connectivity index (χ0) is 11.8. The van der Waals surface area contributed by atoms with E-state index in [1.165, 1.54) is 50.6 Å². The molecule has 0 saturated carbocycles. The van der Waals surface area contributed by atoms with Crippen molar-refractivity contribution >= 4 is 0 Å². The number of imidazole rings is 1. The maximum atomic E-state index is 4.27.